The van der Waals surface area contributed by atoms with E-state index in [2.05, 4.69) is 6.58 Å². The number of aliphatic hydroxyl groups is 1. The summed E-state index contributed by atoms with van der Waals surface area (Å²) in [6.07, 6.45) is 5.41. The molecule has 2 nitrogen and oxygen atoms in total. The summed E-state index contributed by atoms with van der Waals surface area (Å²) in [5.41, 5.74) is 0. The minimum Gasteiger partial charge on any atom is -0.507 e. The van der Waals surface area contributed by atoms with Crippen LogP contribution in [-0.4, -0.2) is 10.2 Å². The number of thioether (sulfide) groups is 1. The normalized spacial score (nSPS) is 10.2. The van der Waals surface area contributed by atoms with E-state index < -0.39 is 0 Å². The molecule has 0 aliphatic heterocycles. The van der Waals surface area contributed by atoms with Crippen LogP contribution in [0.25, 0.3) is 0 Å². The average molecular weight is 294 g/mol. The van der Waals surface area contributed by atoms with Crippen molar-refractivity contribution in [3.05, 3.63) is 59.7 Å². The summed E-state index contributed by atoms with van der Waals surface area (Å²) in [6.45, 7) is 13.4. The van der Waals surface area contributed by atoms with Gasteiger partial charge in [-0.3, -0.25) is 0 Å². The summed E-state index contributed by atoms with van der Waals surface area (Å²) < 4.78 is 0. The van der Waals surface area contributed by atoms with Gasteiger partial charge >= 0.3 is 0 Å². The van der Waals surface area contributed by atoms with Crippen molar-refractivity contribution in [2.45, 2.75) is 39.5 Å². The predicted molar refractivity (Wildman–Crippen MR) is 91.3 cm³/mol. The van der Waals surface area contributed by atoms with E-state index >= 15 is 0 Å². The quantitative estimate of drug-likeness (QED) is 0.402. The molecule has 0 saturated carbocycles. The molecule has 0 unspecified atom stereocenters. The Morgan fingerprint density at radius 1 is 1.15 bits per heavy atom. The first-order chi connectivity index (χ1) is 9.65. The summed E-state index contributed by atoms with van der Waals surface area (Å²) in [6, 6.07) is 6.97. The van der Waals surface area contributed by atoms with Crippen molar-refractivity contribution in [3.63, 3.8) is 0 Å². The first-order valence-electron chi connectivity index (χ1n) is 6.82. The lowest BCUT2D eigenvalue weighted by molar-refractivity contribution is 0.433. The summed E-state index contributed by atoms with van der Waals surface area (Å²) >= 11 is 1.27. The molecule has 0 aliphatic carbocycles. The Morgan fingerprint density at radius 2 is 1.70 bits per heavy atom. The highest BCUT2D eigenvalue weighted by Crippen LogP contribution is 2.35. The molecule has 112 valence electrons. The Balaban J connectivity index is 0. The van der Waals surface area contributed by atoms with Gasteiger partial charge in [-0.05, 0) is 25.1 Å². The maximum absolute atomic E-state index is 9.59. The second-order valence-electron chi connectivity index (χ2n) is 3.07. The van der Waals surface area contributed by atoms with E-state index in [-0.39, 0.29) is 11.5 Å². The lowest BCUT2D eigenvalue weighted by atomic mass is 10.3. The van der Waals surface area contributed by atoms with Gasteiger partial charge in [0.1, 0.15) is 11.5 Å². The van der Waals surface area contributed by atoms with E-state index in [1.807, 2.05) is 52.8 Å². The van der Waals surface area contributed by atoms with Gasteiger partial charge in [-0.2, -0.15) is 0 Å². The zero-order valence-electron chi connectivity index (χ0n) is 13.1. The molecule has 1 aromatic rings. The molecule has 0 atom stereocenters. The van der Waals surface area contributed by atoms with Crippen LogP contribution in [0.15, 0.2) is 64.6 Å². The number of benzene rings is 1. The van der Waals surface area contributed by atoms with Crippen LogP contribution in [0.4, 0.5) is 0 Å². The molecule has 0 amide bonds. The van der Waals surface area contributed by atoms with Crippen LogP contribution in [0.1, 0.15) is 34.6 Å². The van der Waals surface area contributed by atoms with Crippen LogP contribution >= 0.6 is 11.8 Å². The highest BCUT2D eigenvalue weighted by molar-refractivity contribution is 8.03. The first kappa shape index (κ1) is 20.7. The van der Waals surface area contributed by atoms with Gasteiger partial charge in [0.25, 0.3) is 0 Å². The van der Waals surface area contributed by atoms with Crippen molar-refractivity contribution in [2.75, 3.05) is 0 Å². The van der Waals surface area contributed by atoms with Crippen molar-refractivity contribution < 1.29 is 10.2 Å². The Hall–Kier alpha value is -1.61. The number of rotatable bonds is 4. The topological polar surface area (TPSA) is 40.5 Å². The molecule has 1 aromatic carbocycles. The van der Waals surface area contributed by atoms with Gasteiger partial charge in [-0.1, -0.05) is 70.3 Å². The van der Waals surface area contributed by atoms with Gasteiger partial charge in [-0.25, -0.2) is 0 Å². The molecule has 1 rings (SSSR count). The second kappa shape index (κ2) is 13.8. The number of hydrogen-bond donors (Lipinski definition) is 2. The molecule has 0 fully saturated rings. The molecule has 3 heteroatoms. The Bertz CT molecular complexity index is 434. The highest BCUT2D eigenvalue weighted by Gasteiger charge is 2.06. The molecule has 20 heavy (non-hydrogen) atoms. The number of phenols is 1. The zero-order chi connectivity index (χ0) is 16.0. The van der Waals surface area contributed by atoms with E-state index in [1.165, 1.54) is 11.8 Å². The lowest BCUT2D eigenvalue weighted by Gasteiger charge is -2.06. The van der Waals surface area contributed by atoms with Crippen LogP contribution in [0.2, 0.25) is 0 Å². The fourth-order valence-corrected chi connectivity index (χ4v) is 1.86. The van der Waals surface area contributed by atoms with Crippen LogP contribution in [0.5, 0.6) is 5.75 Å². The minimum absolute atomic E-state index is 0.00801. The molecule has 2 N–H and O–H groups in total. The fourth-order valence-electron chi connectivity index (χ4n) is 1.03. The molecule has 0 saturated heterocycles. The second-order valence-corrected chi connectivity index (χ2v) is 4.16. The van der Waals surface area contributed by atoms with Crippen molar-refractivity contribution in [2.24, 2.45) is 0 Å². The fraction of sp³-hybridized carbons (Fsp3) is 0.294. The van der Waals surface area contributed by atoms with Gasteiger partial charge in [0.15, 0.2) is 0 Å². The summed E-state index contributed by atoms with van der Waals surface area (Å²) in [7, 11) is 0. The van der Waals surface area contributed by atoms with Gasteiger partial charge in [0, 0.05) is 0 Å². The molecule has 0 spiro atoms. The first-order valence-corrected chi connectivity index (χ1v) is 7.64. The number of phenolic OH excluding ortho intramolecular Hbond substituents is 1. The van der Waals surface area contributed by atoms with E-state index in [0.717, 1.165) is 0 Å². The number of aliphatic hydroxyl groups excluding tert-OH is 1. The van der Waals surface area contributed by atoms with Gasteiger partial charge in [-0.15, -0.1) is 0 Å². The van der Waals surface area contributed by atoms with Crippen molar-refractivity contribution in [1.29, 1.82) is 0 Å². The third-order valence-corrected chi connectivity index (χ3v) is 2.97. The van der Waals surface area contributed by atoms with Gasteiger partial charge in [0.05, 0.1) is 9.80 Å². The molecule has 0 aliphatic rings. The highest BCUT2D eigenvalue weighted by atomic mass is 32.2. The van der Waals surface area contributed by atoms with Crippen LogP contribution in [0, 0.1) is 0 Å². The SMILES string of the molecule is C=C(O)/C(=C\C=C/C)Sc1ccccc1O.CC.CC. The van der Waals surface area contributed by atoms with Crippen molar-refractivity contribution in [1.82, 2.24) is 0 Å². The van der Waals surface area contributed by atoms with Crippen molar-refractivity contribution in [3.8, 4) is 5.75 Å². The Kier molecular flexibility index (Phi) is 14.3. The monoisotopic (exact) mass is 294 g/mol. The van der Waals surface area contributed by atoms with E-state index in [4.69, 9.17) is 0 Å². The maximum atomic E-state index is 9.59. The Morgan fingerprint density at radius 3 is 2.15 bits per heavy atom. The minimum atomic E-state index is -0.00801. The molecule has 0 aromatic heterocycles. The number of aromatic hydroxyl groups is 1. The third-order valence-electron chi connectivity index (χ3n) is 1.81. The molecular formula is C17H26O2S. The molecule has 0 radical (unpaired) electrons. The van der Waals surface area contributed by atoms with E-state index in [0.29, 0.717) is 9.80 Å². The van der Waals surface area contributed by atoms with Crippen LogP contribution < -0.4 is 0 Å². The molecule has 0 bridgehead atoms. The largest absolute Gasteiger partial charge is 0.507 e. The van der Waals surface area contributed by atoms with Crippen molar-refractivity contribution >= 4 is 11.8 Å². The molecule has 0 heterocycles. The lowest BCUT2D eigenvalue weighted by Crippen LogP contribution is -1.82. The van der Waals surface area contributed by atoms with Gasteiger partial charge in [0.2, 0.25) is 0 Å². The summed E-state index contributed by atoms with van der Waals surface area (Å²) in [5.74, 6) is 0.187. The molecular weight excluding hydrogens is 268 g/mol. The number of hydrogen-bond acceptors (Lipinski definition) is 3. The summed E-state index contributed by atoms with van der Waals surface area (Å²) in [5, 5.41) is 19.0. The maximum Gasteiger partial charge on any atom is 0.129 e. The summed E-state index contributed by atoms with van der Waals surface area (Å²) in [4.78, 5) is 1.30. The van der Waals surface area contributed by atoms with Gasteiger partial charge < -0.3 is 10.2 Å². The number of para-hydroxylation sites is 1. The van der Waals surface area contributed by atoms with Crippen LogP contribution in [0.3, 0.4) is 0 Å². The smallest absolute Gasteiger partial charge is 0.129 e. The van der Waals surface area contributed by atoms with Crippen LogP contribution in [-0.2, 0) is 0 Å². The van der Waals surface area contributed by atoms with E-state index in [9.17, 15) is 10.2 Å². The van der Waals surface area contributed by atoms with E-state index in [1.54, 1.807) is 24.3 Å². The standard InChI is InChI=1S/C13H14O2S.2C2H6/c1-3-4-8-12(10(2)14)16-13-9-6-5-7-11(13)15;2*1-2/h3-9,14-15H,2H2,1H3;2*1-2H3/b4-3-,12-8+;;. The zero-order valence-corrected chi connectivity index (χ0v) is 13.9. The number of allylic oxidation sites excluding steroid dienone is 3. The Labute approximate surface area is 127 Å². The predicted octanol–water partition coefficient (Wildman–Crippen LogP) is 6.07. The average Bonchev–Trinajstić information content (AvgIpc) is 2.49. The third kappa shape index (κ3) is 8.48.